The molecule has 0 aromatic heterocycles. The third kappa shape index (κ3) is 2.60. The van der Waals surface area contributed by atoms with Gasteiger partial charge in [-0.25, -0.2) is 8.42 Å². The summed E-state index contributed by atoms with van der Waals surface area (Å²) >= 11 is 0. The lowest BCUT2D eigenvalue weighted by atomic mass is 9.59. The molecule has 0 bridgehead atoms. The van der Waals surface area contributed by atoms with Crippen LogP contribution in [0, 0.1) is 11.3 Å². The fourth-order valence-corrected chi connectivity index (χ4v) is 4.63. The van der Waals surface area contributed by atoms with Crippen molar-refractivity contribution in [3.63, 3.8) is 0 Å². The van der Waals surface area contributed by atoms with Crippen molar-refractivity contribution in [3.8, 4) is 0 Å². The van der Waals surface area contributed by atoms with Crippen molar-refractivity contribution in [1.82, 2.24) is 0 Å². The van der Waals surface area contributed by atoms with Crippen LogP contribution in [0.5, 0.6) is 0 Å². The predicted molar refractivity (Wildman–Crippen MR) is 64.2 cm³/mol. The van der Waals surface area contributed by atoms with Gasteiger partial charge in [-0.05, 0) is 43.9 Å². The molecule has 0 saturated heterocycles. The summed E-state index contributed by atoms with van der Waals surface area (Å²) in [5.74, 6) is -0.141. The van der Waals surface area contributed by atoms with E-state index in [1.165, 1.54) is 7.11 Å². The summed E-state index contributed by atoms with van der Waals surface area (Å²) in [6.07, 6.45) is 4.76. The average molecular weight is 281 g/mol. The first kappa shape index (κ1) is 13.1. The molecular formula is C11H17ClO4S. The fourth-order valence-electron chi connectivity index (χ4n) is 3.15. The number of methoxy groups -OCH3 is 1. The highest BCUT2D eigenvalue weighted by Gasteiger charge is 2.51. The quantitative estimate of drug-likeness (QED) is 0.574. The Bertz CT molecular complexity index is 401. The summed E-state index contributed by atoms with van der Waals surface area (Å²) in [5.41, 5.74) is 0.122. The molecule has 0 aliphatic heterocycles. The second-order valence-electron chi connectivity index (χ2n) is 5.30. The molecule has 0 heterocycles. The average Bonchev–Trinajstić information content (AvgIpc) is 2.23. The summed E-state index contributed by atoms with van der Waals surface area (Å²) < 4.78 is 27.0. The first-order valence-corrected chi connectivity index (χ1v) is 8.25. The van der Waals surface area contributed by atoms with Gasteiger partial charge in [0.25, 0.3) is 0 Å². The maximum absolute atomic E-state index is 11.4. The van der Waals surface area contributed by atoms with Crippen LogP contribution in [-0.2, 0) is 18.6 Å². The standard InChI is InChI=1S/C11H17ClO4S/c1-16-10(13)8-2-4-11(5-3-8)6-9(7-11)17(12,14)15/h8-9H,2-7H2,1H3. The lowest BCUT2D eigenvalue weighted by Crippen LogP contribution is -2.46. The normalized spacial score (nSPS) is 37.5. The monoisotopic (exact) mass is 280 g/mol. The lowest BCUT2D eigenvalue weighted by Gasteiger charge is -2.50. The molecule has 0 atom stereocenters. The number of carbonyl (C=O) groups is 1. The van der Waals surface area contributed by atoms with E-state index in [1.54, 1.807) is 0 Å². The molecule has 0 aromatic carbocycles. The fraction of sp³-hybridized carbons (Fsp3) is 0.909. The highest BCUT2D eigenvalue weighted by Crippen LogP contribution is 2.55. The third-order valence-corrected chi connectivity index (χ3v) is 6.19. The van der Waals surface area contributed by atoms with Crippen LogP contribution in [0.25, 0.3) is 0 Å². The molecule has 6 heteroatoms. The maximum Gasteiger partial charge on any atom is 0.308 e. The summed E-state index contributed by atoms with van der Waals surface area (Å²) in [5, 5.41) is -0.376. The van der Waals surface area contributed by atoms with Gasteiger partial charge in [-0.1, -0.05) is 0 Å². The van der Waals surface area contributed by atoms with Gasteiger partial charge in [-0.2, -0.15) is 0 Å². The van der Waals surface area contributed by atoms with Crippen LogP contribution in [0.4, 0.5) is 0 Å². The van der Waals surface area contributed by atoms with Crippen LogP contribution in [0.1, 0.15) is 38.5 Å². The molecule has 0 radical (unpaired) electrons. The number of hydrogen-bond donors (Lipinski definition) is 0. The smallest absolute Gasteiger partial charge is 0.308 e. The van der Waals surface area contributed by atoms with Gasteiger partial charge in [0.05, 0.1) is 18.3 Å². The van der Waals surface area contributed by atoms with E-state index in [1.807, 2.05) is 0 Å². The summed E-state index contributed by atoms with van der Waals surface area (Å²) in [4.78, 5) is 11.4. The molecule has 2 rings (SSSR count). The van der Waals surface area contributed by atoms with Crippen LogP contribution in [-0.4, -0.2) is 26.7 Å². The third-order valence-electron chi connectivity index (χ3n) is 4.30. The van der Waals surface area contributed by atoms with Crippen molar-refractivity contribution in [2.24, 2.45) is 11.3 Å². The zero-order valence-corrected chi connectivity index (χ0v) is 11.4. The first-order chi connectivity index (χ1) is 7.86. The van der Waals surface area contributed by atoms with Gasteiger partial charge in [-0.15, -0.1) is 0 Å². The van der Waals surface area contributed by atoms with Crippen LogP contribution in [0.3, 0.4) is 0 Å². The second kappa shape index (κ2) is 4.43. The van der Waals surface area contributed by atoms with Gasteiger partial charge in [0, 0.05) is 10.7 Å². The molecular weight excluding hydrogens is 264 g/mol. The van der Waals surface area contributed by atoms with Crippen LogP contribution in [0.2, 0.25) is 0 Å². The molecule has 98 valence electrons. The van der Waals surface area contributed by atoms with Crippen molar-refractivity contribution in [2.45, 2.75) is 43.8 Å². The minimum Gasteiger partial charge on any atom is -0.469 e. The first-order valence-electron chi connectivity index (χ1n) is 5.88. The number of hydrogen-bond acceptors (Lipinski definition) is 4. The van der Waals surface area contributed by atoms with Crippen molar-refractivity contribution in [3.05, 3.63) is 0 Å². The van der Waals surface area contributed by atoms with E-state index in [9.17, 15) is 13.2 Å². The summed E-state index contributed by atoms with van der Waals surface area (Å²) in [6, 6.07) is 0. The number of ether oxygens (including phenoxy) is 1. The molecule has 17 heavy (non-hydrogen) atoms. The lowest BCUT2D eigenvalue weighted by molar-refractivity contribution is -0.148. The van der Waals surface area contributed by atoms with Gasteiger partial charge in [0.1, 0.15) is 0 Å². The molecule has 0 amide bonds. The van der Waals surface area contributed by atoms with E-state index in [0.29, 0.717) is 12.8 Å². The molecule has 2 aliphatic rings. The number of carbonyl (C=O) groups excluding carboxylic acids is 1. The Kier molecular flexibility index (Phi) is 3.42. The van der Waals surface area contributed by atoms with Crippen molar-refractivity contribution < 1.29 is 17.9 Å². The van der Waals surface area contributed by atoms with Crippen LogP contribution in [0.15, 0.2) is 0 Å². The van der Waals surface area contributed by atoms with Crippen molar-refractivity contribution >= 4 is 25.7 Å². The Hall–Kier alpha value is -0.290. The molecule has 0 aromatic rings. The Labute approximate surface area is 106 Å². The summed E-state index contributed by atoms with van der Waals surface area (Å²) in [7, 11) is 3.35. The number of esters is 1. The van der Waals surface area contributed by atoms with E-state index < -0.39 is 9.05 Å². The molecule has 0 N–H and O–H groups in total. The highest BCUT2D eigenvalue weighted by molar-refractivity contribution is 8.14. The zero-order chi connectivity index (χ0) is 12.7. The summed E-state index contributed by atoms with van der Waals surface area (Å²) in [6.45, 7) is 0. The van der Waals surface area contributed by atoms with Crippen molar-refractivity contribution in [2.75, 3.05) is 7.11 Å². The highest BCUT2D eigenvalue weighted by atomic mass is 35.7. The van der Waals surface area contributed by atoms with Gasteiger partial charge in [0.2, 0.25) is 9.05 Å². The predicted octanol–water partition coefficient (Wildman–Crippen LogP) is 2.07. The van der Waals surface area contributed by atoms with E-state index in [-0.39, 0.29) is 22.6 Å². The van der Waals surface area contributed by atoms with E-state index in [4.69, 9.17) is 15.4 Å². The van der Waals surface area contributed by atoms with Gasteiger partial charge >= 0.3 is 5.97 Å². The minimum absolute atomic E-state index is 0.00252. The van der Waals surface area contributed by atoms with Crippen molar-refractivity contribution in [1.29, 1.82) is 0 Å². The van der Waals surface area contributed by atoms with Crippen LogP contribution < -0.4 is 0 Å². The molecule has 1 spiro atoms. The van der Waals surface area contributed by atoms with E-state index >= 15 is 0 Å². The Morgan fingerprint density at radius 3 is 2.24 bits per heavy atom. The Morgan fingerprint density at radius 2 is 1.82 bits per heavy atom. The second-order valence-corrected chi connectivity index (χ2v) is 8.21. The van der Waals surface area contributed by atoms with E-state index in [2.05, 4.69) is 0 Å². The Morgan fingerprint density at radius 1 is 1.29 bits per heavy atom. The van der Waals surface area contributed by atoms with Gasteiger partial charge < -0.3 is 4.74 Å². The topological polar surface area (TPSA) is 60.4 Å². The molecule has 2 saturated carbocycles. The zero-order valence-electron chi connectivity index (χ0n) is 9.82. The van der Waals surface area contributed by atoms with E-state index in [0.717, 1.165) is 25.7 Å². The van der Waals surface area contributed by atoms with Crippen LogP contribution >= 0.6 is 10.7 Å². The minimum atomic E-state index is -3.40. The maximum atomic E-state index is 11.4. The SMILES string of the molecule is COC(=O)C1CCC2(CC1)CC(S(=O)(=O)Cl)C2. The number of rotatable bonds is 2. The molecule has 2 fully saturated rings. The van der Waals surface area contributed by atoms with Gasteiger partial charge in [0.15, 0.2) is 0 Å². The largest absolute Gasteiger partial charge is 0.469 e. The molecule has 0 unspecified atom stereocenters. The molecule has 2 aliphatic carbocycles. The number of halogens is 1. The Balaban J connectivity index is 1.87. The molecule has 4 nitrogen and oxygen atoms in total. The van der Waals surface area contributed by atoms with Gasteiger partial charge in [-0.3, -0.25) is 4.79 Å².